The zero-order valence-corrected chi connectivity index (χ0v) is 14.0. The molecule has 1 aliphatic heterocycles. The van der Waals surface area contributed by atoms with Crippen LogP contribution in [-0.4, -0.2) is 55.3 Å². The number of urea groups is 1. The van der Waals surface area contributed by atoms with Crippen molar-refractivity contribution in [1.29, 1.82) is 0 Å². The lowest BCUT2D eigenvalue weighted by Crippen LogP contribution is -2.49. The Labute approximate surface area is 136 Å². The van der Waals surface area contributed by atoms with Crippen LogP contribution in [0.5, 0.6) is 5.75 Å². The molecule has 1 aromatic rings. The fourth-order valence-corrected chi connectivity index (χ4v) is 3.27. The van der Waals surface area contributed by atoms with Gasteiger partial charge in [0.25, 0.3) is 0 Å². The van der Waals surface area contributed by atoms with Crippen LogP contribution in [0.15, 0.2) is 24.3 Å². The summed E-state index contributed by atoms with van der Waals surface area (Å²) < 4.78 is 10.5. The van der Waals surface area contributed by atoms with Gasteiger partial charge >= 0.3 is 6.03 Å². The Balaban J connectivity index is 1.77. The number of carbonyl (C=O) groups excluding carboxylic acids is 1. The molecule has 122 valence electrons. The van der Waals surface area contributed by atoms with Crippen LogP contribution in [0.25, 0.3) is 0 Å². The second-order valence-corrected chi connectivity index (χ2v) is 6.41. The van der Waals surface area contributed by atoms with E-state index in [1.807, 2.05) is 40.9 Å². The Morgan fingerprint density at radius 1 is 1.36 bits per heavy atom. The summed E-state index contributed by atoms with van der Waals surface area (Å²) >= 11 is 1.90. The average molecular weight is 324 g/mol. The summed E-state index contributed by atoms with van der Waals surface area (Å²) in [5.41, 5.74) is 1.06. The van der Waals surface area contributed by atoms with Crippen LogP contribution in [0.1, 0.15) is 12.5 Å². The van der Waals surface area contributed by atoms with Crippen molar-refractivity contribution in [2.45, 2.75) is 19.5 Å². The lowest BCUT2D eigenvalue weighted by molar-refractivity contribution is 0.146. The lowest BCUT2D eigenvalue weighted by Gasteiger charge is -2.33. The van der Waals surface area contributed by atoms with Crippen LogP contribution < -0.4 is 10.1 Å². The van der Waals surface area contributed by atoms with Gasteiger partial charge in [-0.1, -0.05) is 12.1 Å². The second-order valence-electron chi connectivity index (χ2n) is 5.26. The third kappa shape index (κ3) is 5.10. The third-order valence-electron chi connectivity index (χ3n) is 3.55. The summed E-state index contributed by atoms with van der Waals surface area (Å²) in [6.45, 7) is 4.57. The van der Waals surface area contributed by atoms with E-state index < -0.39 is 0 Å². The van der Waals surface area contributed by atoms with Gasteiger partial charge in [0, 0.05) is 37.7 Å². The zero-order valence-electron chi connectivity index (χ0n) is 13.2. The van der Waals surface area contributed by atoms with Gasteiger partial charge in [0.05, 0.1) is 6.61 Å². The monoisotopic (exact) mass is 324 g/mol. The van der Waals surface area contributed by atoms with Gasteiger partial charge < -0.3 is 19.7 Å². The third-order valence-corrected chi connectivity index (χ3v) is 4.74. The molecule has 5 nitrogen and oxygen atoms in total. The average Bonchev–Trinajstić information content (AvgIpc) is 2.54. The quantitative estimate of drug-likeness (QED) is 0.816. The van der Waals surface area contributed by atoms with Gasteiger partial charge in [-0.3, -0.25) is 0 Å². The summed E-state index contributed by atoms with van der Waals surface area (Å²) in [5.74, 6) is 2.85. The van der Waals surface area contributed by atoms with E-state index in [1.54, 1.807) is 7.11 Å². The van der Waals surface area contributed by atoms with E-state index in [9.17, 15) is 4.79 Å². The SMILES string of the molecule is COCCOc1ccc(CNC(=O)N2CCSC[C@H]2C)cc1. The Kier molecular flexibility index (Phi) is 6.86. The molecule has 0 spiro atoms. The number of thioether (sulfide) groups is 1. The zero-order chi connectivity index (χ0) is 15.8. The molecule has 0 bridgehead atoms. The van der Waals surface area contributed by atoms with Crippen LogP contribution in [-0.2, 0) is 11.3 Å². The second kappa shape index (κ2) is 8.90. The number of hydrogen-bond acceptors (Lipinski definition) is 4. The summed E-state index contributed by atoms with van der Waals surface area (Å²) in [4.78, 5) is 14.1. The first-order valence-electron chi connectivity index (χ1n) is 7.53. The van der Waals surface area contributed by atoms with Crippen LogP contribution in [0.4, 0.5) is 4.79 Å². The Hall–Kier alpha value is -1.40. The molecule has 0 radical (unpaired) electrons. The first kappa shape index (κ1) is 17.0. The minimum atomic E-state index is 0.0215. The number of hydrogen-bond donors (Lipinski definition) is 1. The number of benzene rings is 1. The Bertz CT molecular complexity index is 467. The molecule has 1 aliphatic rings. The number of rotatable bonds is 6. The van der Waals surface area contributed by atoms with Gasteiger partial charge in [0.1, 0.15) is 12.4 Å². The molecule has 1 heterocycles. The highest BCUT2D eigenvalue weighted by atomic mass is 32.2. The summed E-state index contributed by atoms with van der Waals surface area (Å²) in [7, 11) is 1.65. The van der Waals surface area contributed by atoms with Gasteiger partial charge in [-0.15, -0.1) is 0 Å². The fourth-order valence-electron chi connectivity index (χ4n) is 2.25. The fraction of sp³-hybridized carbons (Fsp3) is 0.562. The highest BCUT2D eigenvalue weighted by molar-refractivity contribution is 7.99. The van der Waals surface area contributed by atoms with Crippen LogP contribution in [0.3, 0.4) is 0 Å². The summed E-state index contributed by atoms with van der Waals surface area (Å²) in [6.07, 6.45) is 0. The van der Waals surface area contributed by atoms with Crippen LogP contribution >= 0.6 is 11.8 Å². The van der Waals surface area contributed by atoms with Gasteiger partial charge in [0.15, 0.2) is 0 Å². The molecule has 0 unspecified atom stereocenters. The molecule has 2 amide bonds. The minimum Gasteiger partial charge on any atom is -0.491 e. The molecule has 22 heavy (non-hydrogen) atoms. The topological polar surface area (TPSA) is 50.8 Å². The number of nitrogens with zero attached hydrogens (tertiary/aromatic N) is 1. The first-order chi connectivity index (χ1) is 10.7. The van der Waals surface area contributed by atoms with E-state index in [4.69, 9.17) is 9.47 Å². The van der Waals surface area contributed by atoms with Gasteiger partial charge in [-0.2, -0.15) is 11.8 Å². The highest BCUT2D eigenvalue weighted by Crippen LogP contribution is 2.16. The maximum Gasteiger partial charge on any atom is 0.317 e. The number of amides is 2. The van der Waals surface area contributed by atoms with Crippen molar-refractivity contribution in [3.8, 4) is 5.75 Å². The van der Waals surface area contributed by atoms with Gasteiger partial charge in [0.2, 0.25) is 0 Å². The predicted octanol–water partition coefficient (Wildman–Crippen LogP) is 2.36. The van der Waals surface area contributed by atoms with E-state index in [-0.39, 0.29) is 6.03 Å². The predicted molar refractivity (Wildman–Crippen MR) is 89.5 cm³/mol. The van der Waals surface area contributed by atoms with Gasteiger partial charge in [-0.25, -0.2) is 4.79 Å². The van der Waals surface area contributed by atoms with E-state index in [0.717, 1.165) is 29.4 Å². The van der Waals surface area contributed by atoms with Crippen molar-refractivity contribution in [3.63, 3.8) is 0 Å². The molecule has 0 aromatic heterocycles. The standard InChI is InChI=1S/C16H24N2O3S/c1-13-12-22-10-7-18(13)16(19)17-11-14-3-5-15(6-4-14)21-9-8-20-2/h3-6,13H,7-12H2,1-2H3,(H,17,19)/t13-/m1/s1. The van der Waals surface area contributed by atoms with Crippen LogP contribution in [0.2, 0.25) is 0 Å². The smallest absolute Gasteiger partial charge is 0.317 e. The van der Waals surface area contributed by atoms with Gasteiger partial charge in [-0.05, 0) is 24.6 Å². The first-order valence-corrected chi connectivity index (χ1v) is 8.69. The van der Waals surface area contributed by atoms with E-state index in [0.29, 0.717) is 25.8 Å². The van der Waals surface area contributed by atoms with Crippen molar-refractivity contribution < 1.29 is 14.3 Å². The van der Waals surface area contributed by atoms with Crippen molar-refractivity contribution in [2.75, 3.05) is 38.4 Å². The minimum absolute atomic E-state index is 0.0215. The largest absolute Gasteiger partial charge is 0.491 e. The van der Waals surface area contributed by atoms with Crippen LogP contribution in [0, 0.1) is 0 Å². The molecule has 2 rings (SSSR count). The van der Waals surface area contributed by atoms with E-state index in [1.165, 1.54) is 0 Å². The molecule has 1 atom stereocenters. The Morgan fingerprint density at radius 2 is 2.14 bits per heavy atom. The van der Waals surface area contributed by atoms with Crippen molar-refractivity contribution in [1.82, 2.24) is 10.2 Å². The van der Waals surface area contributed by atoms with Crippen molar-refractivity contribution >= 4 is 17.8 Å². The molecule has 6 heteroatoms. The molecule has 0 saturated carbocycles. The van der Waals surface area contributed by atoms with Crippen molar-refractivity contribution in [3.05, 3.63) is 29.8 Å². The molecule has 1 saturated heterocycles. The number of nitrogens with one attached hydrogen (secondary N) is 1. The molecule has 1 N–H and O–H groups in total. The summed E-state index contributed by atoms with van der Waals surface area (Å²) in [5, 5.41) is 2.99. The lowest BCUT2D eigenvalue weighted by atomic mass is 10.2. The number of ether oxygens (including phenoxy) is 2. The molecular formula is C16H24N2O3S. The number of carbonyl (C=O) groups is 1. The van der Waals surface area contributed by atoms with E-state index >= 15 is 0 Å². The molecule has 0 aliphatic carbocycles. The molecule has 1 aromatic carbocycles. The maximum absolute atomic E-state index is 12.2. The maximum atomic E-state index is 12.2. The van der Waals surface area contributed by atoms with E-state index in [2.05, 4.69) is 12.2 Å². The highest BCUT2D eigenvalue weighted by Gasteiger charge is 2.22. The Morgan fingerprint density at radius 3 is 2.82 bits per heavy atom. The summed E-state index contributed by atoms with van der Waals surface area (Å²) in [6, 6.07) is 8.09. The normalized spacial score (nSPS) is 18.1. The molecular weight excluding hydrogens is 300 g/mol. The van der Waals surface area contributed by atoms with Crippen molar-refractivity contribution in [2.24, 2.45) is 0 Å². The molecule has 1 fully saturated rings. The number of methoxy groups -OCH3 is 1.